The predicted octanol–water partition coefficient (Wildman–Crippen LogP) is 4.59. The van der Waals surface area contributed by atoms with E-state index in [1.165, 1.54) is 18.2 Å². The number of sulfonamides is 1. The standard InChI is InChI=1S/C25H24F3N3O3S/c1-35(33,34)31-21-12-7-19(8-13-21)17-29-24(32)16-11-20-10-15-23(25(26,27)28)30-22(20)14-9-18-5-3-2-4-6-18/h2-8,10-13,15-16,31H,9,14,17H2,1H3,(H,29,32)/b16-11+. The highest BCUT2D eigenvalue weighted by atomic mass is 32.2. The molecule has 0 saturated carbocycles. The summed E-state index contributed by atoms with van der Waals surface area (Å²) >= 11 is 0. The van der Waals surface area contributed by atoms with Crippen LogP contribution in [0.15, 0.2) is 72.8 Å². The monoisotopic (exact) mass is 503 g/mol. The van der Waals surface area contributed by atoms with Crippen LogP contribution in [0, 0.1) is 0 Å². The van der Waals surface area contributed by atoms with Gasteiger partial charge < -0.3 is 5.32 Å². The van der Waals surface area contributed by atoms with Gasteiger partial charge in [0.25, 0.3) is 0 Å². The molecule has 0 aliphatic carbocycles. The van der Waals surface area contributed by atoms with Crippen LogP contribution in [0.3, 0.4) is 0 Å². The van der Waals surface area contributed by atoms with Crippen LogP contribution in [-0.4, -0.2) is 25.6 Å². The smallest absolute Gasteiger partial charge is 0.348 e. The molecule has 184 valence electrons. The first-order chi connectivity index (χ1) is 16.5. The van der Waals surface area contributed by atoms with E-state index in [2.05, 4.69) is 15.0 Å². The average molecular weight is 504 g/mol. The van der Waals surface area contributed by atoms with Gasteiger partial charge in [0, 0.05) is 24.0 Å². The highest BCUT2D eigenvalue weighted by Crippen LogP contribution is 2.29. The van der Waals surface area contributed by atoms with Crippen molar-refractivity contribution in [3.63, 3.8) is 0 Å². The summed E-state index contributed by atoms with van der Waals surface area (Å²) in [6.45, 7) is 0.189. The van der Waals surface area contributed by atoms with Gasteiger partial charge in [-0.1, -0.05) is 48.5 Å². The van der Waals surface area contributed by atoms with E-state index in [0.717, 1.165) is 23.4 Å². The van der Waals surface area contributed by atoms with Crippen LogP contribution in [0.2, 0.25) is 0 Å². The number of benzene rings is 2. The molecule has 0 aliphatic heterocycles. The second-order valence-corrected chi connectivity index (χ2v) is 9.59. The summed E-state index contributed by atoms with van der Waals surface area (Å²) in [4.78, 5) is 16.1. The molecule has 2 aromatic carbocycles. The molecule has 35 heavy (non-hydrogen) atoms. The van der Waals surface area contributed by atoms with Crippen LogP contribution in [-0.2, 0) is 40.4 Å². The van der Waals surface area contributed by atoms with Crippen LogP contribution in [0.4, 0.5) is 18.9 Å². The Morgan fingerprint density at radius 2 is 1.63 bits per heavy atom. The zero-order chi connectivity index (χ0) is 25.5. The Hall–Kier alpha value is -3.66. The molecule has 2 N–H and O–H groups in total. The second kappa shape index (κ2) is 11.2. The fourth-order valence-electron chi connectivity index (χ4n) is 3.25. The summed E-state index contributed by atoms with van der Waals surface area (Å²) in [7, 11) is -3.38. The summed E-state index contributed by atoms with van der Waals surface area (Å²) in [5, 5.41) is 2.69. The normalized spacial score (nSPS) is 12.0. The van der Waals surface area contributed by atoms with E-state index >= 15 is 0 Å². The molecule has 0 saturated heterocycles. The molecular weight excluding hydrogens is 479 g/mol. The number of hydrogen-bond donors (Lipinski definition) is 2. The van der Waals surface area contributed by atoms with Crippen molar-refractivity contribution >= 4 is 27.7 Å². The maximum absolute atomic E-state index is 13.2. The van der Waals surface area contributed by atoms with Gasteiger partial charge in [-0.25, -0.2) is 13.4 Å². The first-order valence-corrected chi connectivity index (χ1v) is 12.5. The quantitative estimate of drug-likeness (QED) is 0.418. The lowest BCUT2D eigenvalue weighted by Crippen LogP contribution is -2.20. The number of alkyl halides is 3. The zero-order valence-electron chi connectivity index (χ0n) is 18.8. The van der Waals surface area contributed by atoms with Crippen LogP contribution >= 0.6 is 0 Å². The summed E-state index contributed by atoms with van der Waals surface area (Å²) in [5.41, 5.74) is 1.82. The molecule has 0 radical (unpaired) electrons. The first kappa shape index (κ1) is 26.0. The van der Waals surface area contributed by atoms with Crippen molar-refractivity contribution < 1.29 is 26.4 Å². The molecule has 0 fully saturated rings. The Kier molecular flexibility index (Phi) is 8.29. The van der Waals surface area contributed by atoms with Crippen molar-refractivity contribution in [3.05, 3.63) is 101 Å². The molecule has 1 heterocycles. The summed E-state index contributed by atoms with van der Waals surface area (Å²) < 4.78 is 64.4. The van der Waals surface area contributed by atoms with Gasteiger partial charge in [-0.05, 0) is 53.8 Å². The third-order valence-corrected chi connectivity index (χ3v) is 5.54. The minimum Gasteiger partial charge on any atom is -0.348 e. The van der Waals surface area contributed by atoms with Gasteiger partial charge >= 0.3 is 6.18 Å². The Labute approximate surface area is 202 Å². The number of hydrogen-bond acceptors (Lipinski definition) is 4. The second-order valence-electron chi connectivity index (χ2n) is 7.84. The number of nitrogens with one attached hydrogen (secondary N) is 2. The van der Waals surface area contributed by atoms with Gasteiger partial charge in [-0.3, -0.25) is 9.52 Å². The van der Waals surface area contributed by atoms with Crippen molar-refractivity contribution in [3.8, 4) is 0 Å². The van der Waals surface area contributed by atoms with Gasteiger partial charge in [0.2, 0.25) is 15.9 Å². The van der Waals surface area contributed by atoms with Crippen molar-refractivity contribution in [2.45, 2.75) is 25.6 Å². The molecule has 0 spiro atoms. The van der Waals surface area contributed by atoms with Gasteiger partial charge in [0.1, 0.15) is 5.69 Å². The maximum Gasteiger partial charge on any atom is 0.433 e. The number of rotatable bonds is 9. The van der Waals surface area contributed by atoms with Crippen LogP contribution in [0.25, 0.3) is 6.08 Å². The molecular formula is C25H24F3N3O3S. The number of aryl methyl sites for hydroxylation is 2. The van der Waals surface area contributed by atoms with Crippen molar-refractivity contribution in [1.29, 1.82) is 0 Å². The molecule has 3 aromatic rings. The molecule has 0 atom stereocenters. The minimum atomic E-state index is -4.56. The van der Waals surface area contributed by atoms with E-state index in [0.29, 0.717) is 17.7 Å². The van der Waals surface area contributed by atoms with Crippen LogP contribution < -0.4 is 10.0 Å². The van der Waals surface area contributed by atoms with Crippen LogP contribution in [0.5, 0.6) is 0 Å². The summed E-state index contributed by atoms with van der Waals surface area (Å²) in [5.74, 6) is -0.433. The molecule has 0 aliphatic rings. The van der Waals surface area contributed by atoms with Crippen LogP contribution in [0.1, 0.15) is 28.1 Å². The lowest BCUT2D eigenvalue weighted by atomic mass is 10.0. The number of pyridine rings is 1. The Morgan fingerprint density at radius 1 is 0.943 bits per heavy atom. The highest BCUT2D eigenvalue weighted by Gasteiger charge is 2.32. The fourth-order valence-corrected chi connectivity index (χ4v) is 3.81. The minimum absolute atomic E-state index is 0.189. The Balaban J connectivity index is 1.66. The van der Waals surface area contributed by atoms with E-state index in [4.69, 9.17) is 0 Å². The topological polar surface area (TPSA) is 88.2 Å². The number of halogens is 3. The molecule has 0 bridgehead atoms. The number of aromatic nitrogens is 1. The highest BCUT2D eigenvalue weighted by molar-refractivity contribution is 7.92. The van der Waals surface area contributed by atoms with Gasteiger partial charge in [0.15, 0.2) is 0 Å². The summed E-state index contributed by atoms with van der Waals surface area (Å²) in [6.07, 6.45) is -0.0342. The average Bonchev–Trinajstić information content (AvgIpc) is 2.80. The zero-order valence-corrected chi connectivity index (χ0v) is 19.7. The lowest BCUT2D eigenvalue weighted by Gasteiger charge is -2.11. The van der Waals surface area contributed by atoms with E-state index < -0.39 is 27.8 Å². The predicted molar refractivity (Wildman–Crippen MR) is 129 cm³/mol. The van der Waals surface area contributed by atoms with E-state index in [9.17, 15) is 26.4 Å². The number of carbonyl (C=O) groups is 1. The van der Waals surface area contributed by atoms with Gasteiger partial charge in [-0.15, -0.1) is 0 Å². The largest absolute Gasteiger partial charge is 0.433 e. The third kappa shape index (κ3) is 8.56. The lowest BCUT2D eigenvalue weighted by molar-refractivity contribution is -0.141. The van der Waals surface area contributed by atoms with E-state index in [1.807, 2.05) is 30.3 Å². The first-order valence-electron chi connectivity index (χ1n) is 10.6. The molecule has 3 rings (SSSR count). The SMILES string of the molecule is CS(=O)(=O)Nc1ccc(CNC(=O)/C=C/c2ccc(C(F)(F)F)nc2CCc2ccccc2)cc1. The van der Waals surface area contributed by atoms with E-state index in [-0.39, 0.29) is 18.7 Å². The number of amides is 1. The molecule has 0 unspecified atom stereocenters. The number of anilines is 1. The Morgan fingerprint density at radius 3 is 2.26 bits per heavy atom. The molecule has 10 heteroatoms. The van der Waals surface area contributed by atoms with Gasteiger partial charge in [-0.2, -0.15) is 13.2 Å². The van der Waals surface area contributed by atoms with Crippen molar-refractivity contribution in [2.75, 3.05) is 11.0 Å². The molecule has 1 amide bonds. The molecule has 1 aromatic heterocycles. The third-order valence-electron chi connectivity index (χ3n) is 4.93. The number of nitrogens with zero attached hydrogens (tertiary/aromatic N) is 1. The Bertz CT molecular complexity index is 1290. The number of carbonyl (C=O) groups excluding carboxylic acids is 1. The fraction of sp³-hybridized carbons (Fsp3) is 0.200. The van der Waals surface area contributed by atoms with Crippen molar-refractivity contribution in [2.24, 2.45) is 0 Å². The van der Waals surface area contributed by atoms with E-state index in [1.54, 1.807) is 24.3 Å². The van der Waals surface area contributed by atoms with Gasteiger partial charge in [0.05, 0.1) is 6.26 Å². The van der Waals surface area contributed by atoms with Crippen molar-refractivity contribution in [1.82, 2.24) is 10.3 Å². The summed E-state index contributed by atoms with van der Waals surface area (Å²) in [6, 6.07) is 18.0. The molecule has 6 nitrogen and oxygen atoms in total. The maximum atomic E-state index is 13.2.